The summed E-state index contributed by atoms with van der Waals surface area (Å²) in [6.45, 7) is 1.12. The van der Waals surface area contributed by atoms with Crippen molar-refractivity contribution < 1.29 is 9.53 Å². The van der Waals surface area contributed by atoms with Crippen molar-refractivity contribution in [1.29, 1.82) is 0 Å². The number of rotatable bonds is 5. The Morgan fingerprint density at radius 3 is 2.90 bits per heavy atom. The number of thiophene rings is 1. The molecule has 0 spiro atoms. The molecule has 0 saturated heterocycles. The number of hydrogen-bond acceptors (Lipinski definition) is 6. The molecule has 1 amide bonds. The minimum absolute atomic E-state index is 0.0353. The van der Waals surface area contributed by atoms with Crippen LogP contribution in [0, 0.1) is 0 Å². The Labute approximate surface area is 120 Å². The van der Waals surface area contributed by atoms with E-state index in [9.17, 15) is 4.79 Å². The van der Waals surface area contributed by atoms with Crippen LogP contribution in [0.15, 0.2) is 12.4 Å². The molecular formula is C13H16N4O2S. The number of methoxy groups -OCH3 is 1. The first kappa shape index (κ1) is 13.3. The molecule has 1 aliphatic rings. The quantitative estimate of drug-likeness (QED) is 0.903. The summed E-state index contributed by atoms with van der Waals surface area (Å²) in [5.41, 5.74) is 7.11. The van der Waals surface area contributed by atoms with E-state index in [1.165, 1.54) is 11.3 Å². The summed E-state index contributed by atoms with van der Waals surface area (Å²) in [7, 11) is 1.64. The Kier molecular flexibility index (Phi) is 3.54. The second-order valence-corrected chi connectivity index (χ2v) is 5.78. The maximum atomic E-state index is 12.7. The second kappa shape index (κ2) is 5.34. The first-order chi connectivity index (χ1) is 9.72. The Balaban J connectivity index is 1.92. The van der Waals surface area contributed by atoms with Gasteiger partial charge < -0.3 is 15.4 Å². The van der Waals surface area contributed by atoms with E-state index in [1.54, 1.807) is 19.5 Å². The summed E-state index contributed by atoms with van der Waals surface area (Å²) in [4.78, 5) is 24.2. The van der Waals surface area contributed by atoms with Gasteiger partial charge in [-0.25, -0.2) is 9.97 Å². The highest BCUT2D eigenvalue weighted by atomic mass is 32.1. The van der Waals surface area contributed by atoms with Gasteiger partial charge in [-0.1, -0.05) is 0 Å². The van der Waals surface area contributed by atoms with Crippen molar-refractivity contribution in [3.63, 3.8) is 0 Å². The molecule has 2 N–H and O–H groups in total. The molecule has 0 radical (unpaired) electrons. The average molecular weight is 292 g/mol. The number of anilines is 1. The molecule has 0 bridgehead atoms. The summed E-state index contributed by atoms with van der Waals surface area (Å²) in [6, 6.07) is 0.322. The van der Waals surface area contributed by atoms with E-state index in [-0.39, 0.29) is 5.91 Å². The van der Waals surface area contributed by atoms with Gasteiger partial charge in [0.1, 0.15) is 15.2 Å². The van der Waals surface area contributed by atoms with Crippen molar-refractivity contribution in [2.75, 3.05) is 26.0 Å². The number of fused-ring (bicyclic) bond motifs is 1. The van der Waals surface area contributed by atoms with Crippen LogP contribution < -0.4 is 5.73 Å². The number of carbonyl (C=O) groups is 1. The van der Waals surface area contributed by atoms with Crippen LogP contribution in [-0.2, 0) is 4.74 Å². The SMILES string of the molecule is COCCN(C(=O)c1sc2nccnc2c1N)C1CC1. The van der Waals surface area contributed by atoms with Crippen molar-refractivity contribution in [2.24, 2.45) is 0 Å². The molecule has 6 nitrogen and oxygen atoms in total. The van der Waals surface area contributed by atoms with Gasteiger partial charge >= 0.3 is 0 Å². The number of nitrogens with two attached hydrogens (primary N) is 1. The van der Waals surface area contributed by atoms with Gasteiger partial charge in [-0.2, -0.15) is 0 Å². The lowest BCUT2D eigenvalue weighted by Crippen LogP contribution is -2.35. The average Bonchev–Trinajstić information content (AvgIpc) is 3.24. The lowest BCUT2D eigenvalue weighted by molar-refractivity contribution is 0.0686. The van der Waals surface area contributed by atoms with Gasteiger partial charge in [-0.05, 0) is 12.8 Å². The molecule has 0 aliphatic heterocycles. The third-order valence-electron chi connectivity index (χ3n) is 3.34. The second-order valence-electron chi connectivity index (χ2n) is 4.78. The van der Waals surface area contributed by atoms with Gasteiger partial charge in [-0.15, -0.1) is 11.3 Å². The number of hydrogen-bond donors (Lipinski definition) is 1. The van der Waals surface area contributed by atoms with Crippen molar-refractivity contribution >= 4 is 33.3 Å². The smallest absolute Gasteiger partial charge is 0.266 e. The summed E-state index contributed by atoms with van der Waals surface area (Å²) < 4.78 is 5.08. The van der Waals surface area contributed by atoms with E-state index in [4.69, 9.17) is 10.5 Å². The summed E-state index contributed by atoms with van der Waals surface area (Å²) >= 11 is 1.31. The van der Waals surface area contributed by atoms with Crippen LogP contribution in [0.4, 0.5) is 5.69 Å². The maximum absolute atomic E-state index is 12.7. The molecular weight excluding hydrogens is 276 g/mol. The van der Waals surface area contributed by atoms with E-state index in [0.29, 0.717) is 40.1 Å². The standard InChI is InChI=1S/C13H16N4O2S/c1-19-7-6-17(8-2-3-8)13(18)11-9(14)10-12(20-11)16-5-4-15-10/h4-5,8H,2-3,6-7,14H2,1H3. The van der Waals surface area contributed by atoms with Crippen LogP contribution in [0.3, 0.4) is 0 Å². The molecule has 2 heterocycles. The minimum Gasteiger partial charge on any atom is -0.396 e. The van der Waals surface area contributed by atoms with E-state index < -0.39 is 0 Å². The third-order valence-corrected chi connectivity index (χ3v) is 4.43. The van der Waals surface area contributed by atoms with Gasteiger partial charge in [0, 0.05) is 32.1 Å². The molecule has 1 saturated carbocycles. The molecule has 2 aromatic heterocycles. The molecule has 1 aliphatic carbocycles. The fourth-order valence-electron chi connectivity index (χ4n) is 2.16. The summed E-state index contributed by atoms with van der Waals surface area (Å²) in [6.07, 6.45) is 5.30. The molecule has 3 rings (SSSR count). The number of aromatic nitrogens is 2. The zero-order chi connectivity index (χ0) is 14.1. The molecule has 0 aromatic carbocycles. The fraction of sp³-hybridized carbons (Fsp3) is 0.462. The van der Waals surface area contributed by atoms with Crippen LogP contribution in [-0.4, -0.2) is 47.1 Å². The van der Waals surface area contributed by atoms with Gasteiger partial charge in [0.05, 0.1) is 12.3 Å². The molecule has 1 fully saturated rings. The third kappa shape index (κ3) is 2.34. The van der Waals surface area contributed by atoms with Crippen molar-refractivity contribution in [1.82, 2.24) is 14.9 Å². The van der Waals surface area contributed by atoms with Gasteiger partial charge in [0.15, 0.2) is 0 Å². The molecule has 0 atom stereocenters. The number of ether oxygens (including phenoxy) is 1. The van der Waals surface area contributed by atoms with Crippen molar-refractivity contribution in [2.45, 2.75) is 18.9 Å². The Bertz CT molecular complexity index is 638. The largest absolute Gasteiger partial charge is 0.396 e. The fourth-order valence-corrected chi connectivity index (χ4v) is 3.14. The van der Waals surface area contributed by atoms with E-state index in [2.05, 4.69) is 9.97 Å². The van der Waals surface area contributed by atoms with Crippen LogP contribution in [0.1, 0.15) is 22.5 Å². The highest BCUT2D eigenvalue weighted by Crippen LogP contribution is 2.34. The van der Waals surface area contributed by atoms with E-state index in [0.717, 1.165) is 12.8 Å². The molecule has 106 valence electrons. The molecule has 0 unspecified atom stereocenters. The monoisotopic (exact) mass is 292 g/mol. The number of nitrogens with zero attached hydrogens (tertiary/aromatic N) is 3. The highest BCUT2D eigenvalue weighted by Gasteiger charge is 2.34. The van der Waals surface area contributed by atoms with Crippen LogP contribution >= 0.6 is 11.3 Å². The van der Waals surface area contributed by atoms with E-state index in [1.807, 2.05) is 4.90 Å². The lowest BCUT2D eigenvalue weighted by Gasteiger charge is -2.21. The maximum Gasteiger partial charge on any atom is 0.266 e. The topological polar surface area (TPSA) is 81.3 Å². The van der Waals surface area contributed by atoms with Crippen LogP contribution in [0.25, 0.3) is 10.3 Å². The highest BCUT2D eigenvalue weighted by molar-refractivity contribution is 7.21. The first-order valence-corrected chi connectivity index (χ1v) is 7.33. The Hall–Kier alpha value is -1.73. The minimum atomic E-state index is -0.0353. The normalized spacial score (nSPS) is 14.7. The first-order valence-electron chi connectivity index (χ1n) is 6.51. The number of nitrogen functional groups attached to an aromatic ring is 1. The van der Waals surface area contributed by atoms with Gasteiger partial charge in [-0.3, -0.25) is 4.79 Å². The Morgan fingerprint density at radius 2 is 2.25 bits per heavy atom. The Morgan fingerprint density at radius 1 is 1.50 bits per heavy atom. The predicted octanol–water partition coefficient (Wildman–Crippen LogP) is 1.52. The number of carbonyl (C=O) groups excluding carboxylic acids is 1. The van der Waals surface area contributed by atoms with Gasteiger partial charge in [0.25, 0.3) is 5.91 Å². The lowest BCUT2D eigenvalue weighted by atomic mass is 10.3. The molecule has 20 heavy (non-hydrogen) atoms. The number of amides is 1. The van der Waals surface area contributed by atoms with Crippen molar-refractivity contribution in [3.8, 4) is 0 Å². The van der Waals surface area contributed by atoms with Gasteiger partial charge in [0.2, 0.25) is 0 Å². The zero-order valence-corrected chi connectivity index (χ0v) is 12.0. The summed E-state index contributed by atoms with van der Waals surface area (Å²) in [5, 5.41) is 0. The van der Waals surface area contributed by atoms with E-state index >= 15 is 0 Å². The van der Waals surface area contributed by atoms with Crippen LogP contribution in [0.2, 0.25) is 0 Å². The zero-order valence-electron chi connectivity index (χ0n) is 11.2. The molecule has 7 heteroatoms. The van der Waals surface area contributed by atoms with Crippen molar-refractivity contribution in [3.05, 3.63) is 17.3 Å². The summed E-state index contributed by atoms with van der Waals surface area (Å²) in [5.74, 6) is -0.0353. The predicted molar refractivity (Wildman–Crippen MR) is 77.8 cm³/mol. The van der Waals surface area contributed by atoms with Crippen LogP contribution in [0.5, 0.6) is 0 Å². The molecule has 2 aromatic rings.